The summed E-state index contributed by atoms with van der Waals surface area (Å²) >= 11 is 0. The first kappa shape index (κ1) is 8.80. The van der Waals surface area contributed by atoms with Gasteiger partial charge in [-0.15, -0.1) is 0 Å². The number of hydrogen-bond acceptors (Lipinski definition) is 3. The lowest BCUT2D eigenvalue weighted by Gasteiger charge is -2.00. The molecule has 2 rings (SSSR count). The number of hydrogen-bond donors (Lipinski definition) is 1. The van der Waals surface area contributed by atoms with Gasteiger partial charge in [0.05, 0.1) is 12.2 Å². The van der Waals surface area contributed by atoms with Crippen LogP contribution in [0, 0.1) is 6.92 Å². The zero-order chi connectivity index (χ0) is 10.1. The fourth-order valence-electron chi connectivity index (χ4n) is 1.40. The molecule has 2 N–H and O–H groups in total. The third kappa shape index (κ3) is 1.61. The SMILES string of the molecule is Cc1cc(N)nn1Cc1ccn(C)n1. The highest BCUT2D eigenvalue weighted by molar-refractivity contribution is 5.29. The highest BCUT2D eigenvalue weighted by Crippen LogP contribution is 2.06. The number of rotatable bonds is 2. The Kier molecular flexibility index (Phi) is 1.99. The molecular formula is C9H13N5. The van der Waals surface area contributed by atoms with Gasteiger partial charge in [0.2, 0.25) is 0 Å². The lowest BCUT2D eigenvalue weighted by atomic mass is 10.4. The van der Waals surface area contributed by atoms with Gasteiger partial charge in [0, 0.05) is 25.0 Å². The van der Waals surface area contributed by atoms with E-state index in [1.54, 1.807) is 4.68 Å². The smallest absolute Gasteiger partial charge is 0.145 e. The lowest BCUT2D eigenvalue weighted by Crippen LogP contribution is -2.05. The number of anilines is 1. The van der Waals surface area contributed by atoms with Crippen LogP contribution in [0.5, 0.6) is 0 Å². The zero-order valence-corrected chi connectivity index (χ0v) is 8.31. The van der Waals surface area contributed by atoms with E-state index in [1.807, 2.05) is 37.0 Å². The lowest BCUT2D eigenvalue weighted by molar-refractivity contribution is 0.637. The van der Waals surface area contributed by atoms with Crippen molar-refractivity contribution < 1.29 is 0 Å². The quantitative estimate of drug-likeness (QED) is 0.754. The molecule has 0 aliphatic heterocycles. The molecule has 0 atom stereocenters. The fourth-order valence-corrected chi connectivity index (χ4v) is 1.40. The van der Waals surface area contributed by atoms with Crippen molar-refractivity contribution in [3.05, 3.63) is 29.7 Å². The van der Waals surface area contributed by atoms with E-state index >= 15 is 0 Å². The molecular weight excluding hydrogens is 178 g/mol. The molecule has 0 aliphatic carbocycles. The molecule has 0 radical (unpaired) electrons. The van der Waals surface area contributed by atoms with Crippen molar-refractivity contribution in [3.63, 3.8) is 0 Å². The zero-order valence-electron chi connectivity index (χ0n) is 8.31. The van der Waals surface area contributed by atoms with Crippen molar-refractivity contribution in [2.24, 2.45) is 7.05 Å². The number of nitrogen functional groups attached to an aromatic ring is 1. The first-order valence-corrected chi connectivity index (χ1v) is 4.43. The molecule has 2 aromatic rings. The molecule has 0 aromatic carbocycles. The molecule has 5 heteroatoms. The maximum atomic E-state index is 5.58. The van der Waals surface area contributed by atoms with E-state index in [4.69, 9.17) is 5.73 Å². The van der Waals surface area contributed by atoms with Crippen molar-refractivity contribution in [2.45, 2.75) is 13.5 Å². The van der Waals surface area contributed by atoms with Gasteiger partial charge in [-0.1, -0.05) is 0 Å². The second-order valence-electron chi connectivity index (χ2n) is 3.35. The van der Waals surface area contributed by atoms with Crippen molar-refractivity contribution in [1.82, 2.24) is 19.6 Å². The molecule has 14 heavy (non-hydrogen) atoms. The highest BCUT2D eigenvalue weighted by atomic mass is 15.3. The molecule has 0 bridgehead atoms. The van der Waals surface area contributed by atoms with E-state index < -0.39 is 0 Å². The first-order chi connectivity index (χ1) is 6.65. The predicted molar refractivity (Wildman–Crippen MR) is 53.7 cm³/mol. The van der Waals surface area contributed by atoms with Crippen LogP contribution >= 0.6 is 0 Å². The minimum Gasteiger partial charge on any atom is -0.382 e. The number of nitrogens with zero attached hydrogens (tertiary/aromatic N) is 4. The van der Waals surface area contributed by atoms with Crippen molar-refractivity contribution >= 4 is 5.82 Å². The summed E-state index contributed by atoms with van der Waals surface area (Å²) in [7, 11) is 1.90. The fraction of sp³-hybridized carbons (Fsp3) is 0.333. The summed E-state index contributed by atoms with van der Waals surface area (Å²) in [5.74, 6) is 0.554. The third-order valence-corrected chi connectivity index (χ3v) is 2.08. The Morgan fingerprint density at radius 3 is 2.71 bits per heavy atom. The molecule has 2 aromatic heterocycles. The van der Waals surface area contributed by atoms with Gasteiger partial charge < -0.3 is 5.73 Å². The van der Waals surface area contributed by atoms with Gasteiger partial charge in [-0.2, -0.15) is 10.2 Å². The van der Waals surface area contributed by atoms with Gasteiger partial charge in [0.1, 0.15) is 5.82 Å². The van der Waals surface area contributed by atoms with Crippen molar-refractivity contribution in [2.75, 3.05) is 5.73 Å². The standard InChI is InChI=1S/C9H13N5/c1-7-5-9(10)12-14(7)6-8-3-4-13(2)11-8/h3-5H,6H2,1-2H3,(H2,10,12). The number of aromatic nitrogens is 4. The van der Waals surface area contributed by atoms with Crippen LogP contribution < -0.4 is 5.73 Å². The first-order valence-electron chi connectivity index (χ1n) is 4.43. The second kappa shape index (κ2) is 3.17. The summed E-state index contributed by atoms with van der Waals surface area (Å²) in [5.41, 5.74) is 7.61. The van der Waals surface area contributed by atoms with E-state index in [2.05, 4.69) is 10.2 Å². The van der Waals surface area contributed by atoms with Crippen molar-refractivity contribution in [3.8, 4) is 0 Å². The molecule has 5 nitrogen and oxygen atoms in total. The molecule has 0 spiro atoms. The van der Waals surface area contributed by atoms with E-state index in [9.17, 15) is 0 Å². The summed E-state index contributed by atoms with van der Waals surface area (Å²) in [6.07, 6.45) is 1.91. The Morgan fingerprint density at radius 1 is 1.43 bits per heavy atom. The minimum atomic E-state index is 0.554. The molecule has 0 unspecified atom stereocenters. The van der Waals surface area contributed by atoms with Gasteiger partial charge in [0.25, 0.3) is 0 Å². The van der Waals surface area contributed by atoms with Gasteiger partial charge in [-0.05, 0) is 13.0 Å². The molecule has 0 amide bonds. The molecule has 2 heterocycles. The molecule has 74 valence electrons. The monoisotopic (exact) mass is 191 g/mol. The van der Waals surface area contributed by atoms with Crippen LogP contribution in [0.15, 0.2) is 18.3 Å². The molecule has 0 saturated heterocycles. The van der Waals surface area contributed by atoms with Crippen LogP contribution in [0.2, 0.25) is 0 Å². The topological polar surface area (TPSA) is 61.7 Å². The number of nitrogens with two attached hydrogens (primary N) is 1. The van der Waals surface area contributed by atoms with Crippen LogP contribution in [-0.4, -0.2) is 19.6 Å². The van der Waals surface area contributed by atoms with E-state index in [0.29, 0.717) is 12.4 Å². The Morgan fingerprint density at radius 2 is 2.21 bits per heavy atom. The molecule has 0 aliphatic rings. The van der Waals surface area contributed by atoms with Crippen LogP contribution in [0.25, 0.3) is 0 Å². The largest absolute Gasteiger partial charge is 0.382 e. The maximum absolute atomic E-state index is 5.58. The van der Waals surface area contributed by atoms with Gasteiger partial charge in [-0.25, -0.2) is 0 Å². The molecule has 0 saturated carbocycles. The Labute approximate surface area is 82.1 Å². The maximum Gasteiger partial charge on any atom is 0.145 e. The van der Waals surface area contributed by atoms with Gasteiger partial charge >= 0.3 is 0 Å². The minimum absolute atomic E-state index is 0.554. The summed E-state index contributed by atoms with van der Waals surface area (Å²) in [6.45, 7) is 2.65. The predicted octanol–water partition coefficient (Wildman–Crippen LogP) is 0.556. The number of aryl methyl sites for hydroxylation is 2. The summed E-state index contributed by atoms with van der Waals surface area (Å²) in [5, 5.41) is 8.43. The van der Waals surface area contributed by atoms with E-state index in [1.165, 1.54) is 0 Å². The van der Waals surface area contributed by atoms with Gasteiger partial charge in [-0.3, -0.25) is 9.36 Å². The average Bonchev–Trinajstić information content (AvgIpc) is 2.61. The summed E-state index contributed by atoms with van der Waals surface area (Å²) in [4.78, 5) is 0. The Balaban J connectivity index is 2.22. The molecule has 0 fully saturated rings. The van der Waals surface area contributed by atoms with Gasteiger partial charge in [0.15, 0.2) is 0 Å². The van der Waals surface area contributed by atoms with Crippen LogP contribution in [0.1, 0.15) is 11.4 Å². The van der Waals surface area contributed by atoms with Crippen LogP contribution in [0.3, 0.4) is 0 Å². The second-order valence-corrected chi connectivity index (χ2v) is 3.35. The highest BCUT2D eigenvalue weighted by Gasteiger charge is 2.03. The van der Waals surface area contributed by atoms with Crippen LogP contribution in [0.4, 0.5) is 5.82 Å². The average molecular weight is 191 g/mol. The normalized spacial score (nSPS) is 10.7. The Bertz CT molecular complexity index is 440. The summed E-state index contributed by atoms with van der Waals surface area (Å²) in [6, 6.07) is 3.82. The van der Waals surface area contributed by atoms with Crippen molar-refractivity contribution in [1.29, 1.82) is 0 Å². The van der Waals surface area contributed by atoms with E-state index in [0.717, 1.165) is 11.4 Å². The summed E-state index contributed by atoms with van der Waals surface area (Å²) < 4.78 is 3.62. The third-order valence-electron chi connectivity index (χ3n) is 2.08. The van der Waals surface area contributed by atoms with E-state index in [-0.39, 0.29) is 0 Å². The van der Waals surface area contributed by atoms with Crippen LogP contribution in [-0.2, 0) is 13.6 Å². The Hall–Kier alpha value is -1.78.